The van der Waals surface area contributed by atoms with Gasteiger partial charge in [-0.15, -0.1) is 11.3 Å². The average molecular weight is 333 g/mol. The van der Waals surface area contributed by atoms with Crippen LogP contribution >= 0.6 is 22.9 Å². The molecule has 2 aromatic rings. The summed E-state index contributed by atoms with van der Waals surface area (Å²) in [5.41, 5.74) is 0.490. The number of halogens is 1. The largest absolute Gasteiger partial charge is 0.392 e. The van der Waals surface area contributed by atoms with Crippen LogP contribution in [0.1, 0.15) is 15.4 Å². The summed E-state index contributed by atoms with van der Waals surface area (Å²) in [5.74, 6) is 0. The molecule has 0 amide bonds. The molecular formula is C12H13ClN2O3S2. The van der Waals surface area contributed by atoms with Crippen LogP contribution < -0.4 is 4.72 Å². The molecule has 20 heavy (non-hydrogen) atoms. The number of thiazole rings is 1. The first-order valence-corrected chi connectivity index (χ1v) is 8.40. The van der Waals surface area contributed by atoms with Gasteiger partial charge >= 0.3 is 0 Å². The lowest BCUT2D eigenvalue weighted by Gasteiger charge is -2.07. The van der Waals surface area contributed by atoms with E-state index in [-0.39, 0.29) is 23.1 Å². The van der Waals surface area contributed by atoms with Crippen LogP contribution in [-0.2, 0) is 23.2 Å². The van der Waals surface area contributed by atoms with Crippen molar-refractivity contribution in [2.75, 3.05) is 0 Å². The van der Waals surface area contributed by atoms with Crippen LogP contribution in [0.3, 0.4) is 0 Å². The Balaban J connectivity index is 2.15. The monoisotopic (exact) mass is 332 g/mol. The van der Waals surface area contributed by atoms with Crippen molar-refractivity contribution in [2.24, 2.45) is 0 Å². The highest BCUT2D eigenvalue weighted by molar-refractivity contribution is 7.89. The fraction of sp³-hybridized carbons (Fsp3) is 0.250. The van der Waals surface area contributed by atoms with Gasteiger partial charge in [-0.2, -0.15) is 0 Å². The molecule has 0 saturated carbocycles. The van der Waals surface area contributed by atoms with Crippen molar-refractivity contribution in [3.63, 3.8) is 0 Å². The highest BCUT2D eigenvalue weighted by Crippen LogP contribution is 2.21. The van der Waals surface area contributed by atoms with Crippen molar-refractivity contribution in [1.82, 2.24) is 9.71 Å². The van der Waals surface area contributed by atoms with Gasteiger partial charge in [0.25, 0.3) is 0 Å². The zero-order chi connectivity index (χ0) is 14.8. The predicted molar refractivity (Wildman–Crippen MR) is 78.3 cm³/mol. The second-order valence-corrected chi connectivity index (χ2v) is 7.57. The minimum atomic E-state index is -3.63. The summed E-state index contributed by atoms with van der Waals surface area (Å²) in [4.78, 5) is 4.97. The Bertz CT molecular complexity index is 713. The van der Waals surface area contributed by atoms with Crippen molar-refractivity contribution in [3.8, 4) is 0 Å². The summed E-state index contributed by atoms with van der Waals surface area (Å²) in [6.07, 6.45) is 1.64. The van der Waals surface area contributed by atoms with Gasteiger partial charge < -0.3 is 5.11 Å². The van der Waals surface area contributed by atoms with E-state index >= 15 is 0 Å². The van der Waals surface area contributed by atoms with Gasteiger partial charge in [0.2, 0.25) is 10.0 Å². The quantitative estimate of drug-likeness (QED) is 0.878. The van der Waals surface area contributed by atoms with Gasteiger partial charge in [-0.25, -0.2) is 18.1 Å². The number of rotatable bonds is 5. The first kappa shape index (κ1) is 15.4. The summed E-state index contributed by atoms with van der Waals surface area (Å²) in [6, 6.07) is 4.23. The number of aryl methyl sites for hydroxylation is 1. The Kier molecular flexibility index (Phi) is 4.77. The molecule has 1 heterocycles. The Hall–Kier alpha value is -0.990. The fourth-order valence-corrected chi connectivity index (χ4v) is 3.72. The Labute approximate surface area is 126 Å². The van der Waals surface area contributed by atoms with Crippen molar-refractivity contribution >= 4 is 33.0 Å². The van der Waals surface area contributed by atoms with Gasteiger partial charge in [0.1, 0.15) is 0 Å². The lowest BCUT2D eigenvalue weighted by molar-refractivity contribution is 0.282. The van der Waals surface area contributed by atoms with Gasteiger partial charge in [0.15, 0.2) is 0 Å². The number of hydrogen-bond donors (Lipinski definition) is 2. The number of nitrogens with zero attached hydrogens (tertiary/aromatic N) is 1. The van der Waals surface area contributed by atoms with Crippen LogP contribution in [0, 0.1) is 6.92 Å². The summed E-state index contributed by atoms with van der Waals surface area (Å²) >= 11 is 7.33. The lowest BCUT2D eigenvalue weighted by atomic mass is 10.2. The summed E-state index contributed by atoms with van der Waals surface area (Å²) in [6.45, 7) is 1.82. The Morgan fingerprint density at radius 1 is 1.45 bits per heavy atom. The number of aliphatic hydroxyl groups is 1. The molecule has 0 aliphatic rings. The second-order valence-electron chi connectivity index (χ2n) is 4.08. The molecule has 0 aliphatic heterocycles. The molecule has 1 aromatic carbocycles. The maximum Gasteiger partial charge on any atom is 0.240 e. The third-order valence-corrected chi connectivity index (χ3v) is 5.27. The van der Waals surface area contributed by atoms with E-state index in [0.717, 1.165) is 9.88 Å². The molecule has 0 aliphatic carbocycles. The van der Waals surface area contributed by atoms with E-state index in [2.05, 4.69) is 9.71 Å². The molecule has 2 N–H and O–H groups in total. The predicted octanol–water partition coefficient (Wildman–Crippen LogP) is 2.08. The smallest absolute Gasteiger partial charge is 0.240 e. The van der Waals surface area contributed by atoms with Crippen molar-refractivity contribution in [1.29, 1.82) is 0 Å². The number of nitrogens with one attached hydrogen (secondary N) is 1. The molecule has 0 spiro atoms. The van der Waals surface area contributed by atoms with Crippen LogP contribution in [0.25, 0.3) is 0 Å². The summed E-state index contributed by atoms with van der Waals surface area (Å²) in [7, 11) is -3.63. The molecule has 0 unspecified atom stereocenters. The van der Waals surface area contributed by atoms with Crippen LogP contribution in [0.2, 0.25) is 5.02 Å². The molecule has 5 nitrogen and oxygen atoms in total. The van der Waals surface area contributed by atoms with Gasteiger partial charge in [-0.3, -0.25) is 0 Å². The topological polar surface area (TPSA) is 79.3 Å². The van der Waals surface area contributed by atoms with E-state index in [1.54, 1.807) is 6.20 Å². The minimum absolute atomic E-state index is 0.0703. The molecule has 108 valence electrons. The molecule has 0 saturated heterocycles. The van der Waals surface area contributed by atoms with Crippen LogP contribution in [0.4, 0.5) is 0 Å². The third-order valence-electron chi connectivity index (χ3n) is 2.61. The molecule has 2 rings (SSSR count). The third kappa shape index (κ3) is 3.56. The highest BCUT2D eigenvalue weighted by Gasteiger charge is 2.15. The van der Waals surface area contributed by atoms with E-state index in [9.17, 15) is 8.42 Å². The average Bonchev–Trinajstić information content (AvgIpc) is 2.82. The van der Waals surface area contributed by atoms with Crippen molar-refractivity contribution in [2.45, 2.75) is 25.0 Å². The van der Waals surface area contributed by atoms with Gasteiger partial charge in [-0.05, 0) is 24.6 Å². The van der Waals surface area contributed by atoms with Crippen molar-refractivity contribution < 1.29 is 13.5 Å². The lowest BCUT2D eigenvalue weighted by Crippen LogP contribution is -2.22. The fourth-order valence-electron chi connectivity index (χ4n) is 1.56. The van der Waals surface area contributed by atoms with Crippen LogP contribution in [0.5, 0.6) is 0 Å². The maximum atomic E-state index is 12.1. The zero-order valence-corrected chi connectivity index (χ0v) is 13.0. The Morgan fingerprint density at radius 3 is 2.75 bits per heavy atom. The van der Waals surface area contributed by atoms with Crippen LogP contribution in [0.15, 0.2) is 29.3 Å². The summed E-state index contributed by atoms with van der Waals surface area (Å²) < 4.78 is 26.7. The van der Waals surface area contributed by atoms with E-state index in [1.807, 2.05) is 6.92 Å². The molecule has 8 heteroatoms. The molecule has 0 fully saturated rings. The van der Waals surface area contributed by atoms with Crippen LogP contribution in [-0.4, -0.2) is 18.5 Å². The number of benzene rings is 1. The van der Waals surface area contributed by atoms with E-state index in [1.165, 1.54) is 29.5 Å². The summed E-state index contributed by atoms with van der Waals surface area (Å²) in [5, 5.41) is 10.1. The number of hydrogen-bond acceptors (Lipinski definition) is 5. The minimum Gasteiger partial charge on any atom is -0.392 e. The standard InChI is InChI=1S/C12H13ClN2O3S2/c1-8-14-5-10(19-8)6-15-20(17,18)11-3-2-9(7-16)12(13)4-11/h2-5,15-16H,6-7H2,1H3. The molecule has 0 atom stereocenters. The molecule has 1 aromatic heterocycles. The SMILES string of the molecule is Cc1ncc(CNS(=O)(=O)c2ccc(CO)c(Cl)c2)s1. The van der Waals surface area contributed by atoms with E-state index in [0.29, 0.717) is 5.56 Å². The van der Waals surface area contributed by atoms with E-state index < -0.39 is 10.0 Å². The van der Waals surface area contributed by atoms with Gasteiger partial charge in [0, 0.05) is 22.6 Å². The normalized spacial score (nSPS) is 11.8. The number of aliphatic hydroxyl groups excluding tert-OH is 1. The number of aromatic nitrogens is 1. The van der Waals surface area contributed by atoms with E-state index in [4.69, 9.17) is 16.7 Å². The van der Waals surface area contributed by atoms with Gasteiger partial charge in [-0.1, -0.05) is 17.7 Å². The maximum absolute atomic E-state index is 12.1. The van der Waals surface area contributed by atoms with Gasteiger partial charge in [0.05, 0.1) is 16.5 Å². The Morgan fingerprint density at radius 2 is 2.20 bits per heavy atom. The first-order valence-electron chi connectivity index (χ1n) is 5.72. The molecule has 0 radical (unpaired) electrons. The molecular weight excluding hydrogens is 320 g/mol. The zero-order valence-electron chi connectivity index (χ0n) is 10.6. The highest BCUT2D eigenvalue weighted by atomic mass is 35.5. The van der Waals surface area contributed by atoms with Crippen molar-refractivity contribution in [3.05, 3.63) is 44.9 Å². The second kappa shape index (κ2) is 6.19. The first-order chi connectivity index (χ1) is 9.42. The molecule has 0 bridgehead atoms. The number of sulfonamides is 1.